The third-order valence-electron chi connectivity index (χ3n) is 5.68. The molecule has 27 heavy (non-hydrogen) atoms. The van der Waals surface area contributed by atoms with Gasteiger partial charge in [-0.15, -0.1) is 5.10 Å². The van der Waals surface area contributed by atoms with Crippen LogP contribution in [0.4, 0.5) is 0 Å². The van der Waals surface area contributed by atoms with Crippen LogP contribution in [-0.4, -0.2) is 70.4 Å². The molecule has 1 aromatic carbocycles. The van der Waals surface area contributed by atoms with Crippen LogP contribution in [0.15, 0.2) is 30.6 Å². The van der Waals surface area contributed by atoms with E-state index in [2.05, 4.69) is 25.7 Å². The summed E-state index contributed by atoms with van der Waals surface area (Å²) in [6, 6.07) is 7.31. The number of rotatable bonds is 6. The summed E-state index contributed by atoms with van der Waals surface area (Å²) in [4.78, 5) is 15.2. The molecule has 144 valence electrons. The topological polar surface area (TPSA) is 85.2 Å². The van der Waals surface area contributed by atoms with Gasteiger partial charge >= 0.3 is 0 Å². The van der Waals surface area contributed by atoms with Crippen molar-refractivity contribution in [2.75, 3.05) is 39.4 Å². The molecule has 0 saturated carbocycles. The molecule has 0 bridgehead atoms. The van der Waals surface area contributed by atoms with Crippen molar-refractivity contribution in [1.29, 1.82) is 0 Å². The molecule has 1 N–H and O–H groups in total. The second-order valence-electron chi connectivity index (χ2n) is 7.58. The van der Waals surface area contributed by atoms with Crippen molar-refractivity contribution in [1.82, 2.24) is 30.4 Å². The third-order valence-corrected chi connectivity index (χ3v) is 5.68. The molecule has 2 fully saturated rings. The highest BCUT2D eigenvalue weighted by Gasteiger charge is 2.35. The van der Waals surface area contributed by atoms with Crippen LogP contribution in [0.5, 0.6) is 0 Å². The first-order valence-electron chi connectivity index (χ1n) is 9.66. The summed E-state index contributed by atoms with van der Waals surface area (Å²) in [6.07, 6.45) is 6.10. The molecule has 0 radical (unpaired) electrons. The van der Waals surface area contributed by atoms with Crippen molar-refractivity contribution in [3.8, 4) is 5.69 Å². The minimum atomic E-state index is -0.0365. The van der Waals surface area contributed by atoms with Gasteiger partial charge in [-0.2, -0.15) is 0 Å². The second kappa shape index (κ2) is 8.14. The molecule has 0 unspecified atom stereocenters. The molecular formula is C19H26N6O2. The van der Waals surface area contributed by atoms with Crippen LogP contribution in [0.3, 0.4) is 0 Å². The van der Waals surface area contributed by atoms with Gasteiger partial charge in [0.25, 0.3) is 5.91 Å². The van der Waals surface area contributed by atoms with Crippen molar-refractivity contribution >= 4 is 5.91 Å². The summed E-state index contributed by atoms with van der Waals surface area (Å²) in [5.74, 6) is -0.0365. The number of aromatic nitrogens is 4. The molecule has 1 amide bonds. The number of hydrogen-bond acceptors (Lipinski definition) is 6. The van der Waals surface area contributed by atoms with Crippen LogP contribution < -0.4 is 5.32 Å². The summed E-state index contributed by atoms with van der Waals surface area (Å²) in [5, 5.41) is 14.3. The number of amides is 1. The monoisotopic (exact) mass is 370 g/mol. The minimum Gasteiger partial charge on any atom is -0.381 e. The summed E-state index contributed by atoms with van der Waals surface area (Å²) in [5.41, 5.74) is 1.59. The van der Waals surface area contributed by atoms with Crippen LogP contribution in [-0.2, 0) is 4.74 Å². The van der Waals surface area contributed by atoms with E-state index in [4.69, 9.17) is 4.74 Å². The van der Waals surface area contributed by atoms with E-state index < -0.39 is 0 Å². The SMILES string of the molecule is O=C(NCC1(CN2CCCC2)CCOCC1)c1ccc(-n2cnnn2)cc1. The van der Waals surface area contributed by atoms with Gasteiger partial charge in [0, 0.05) is 37.3 Å². The van der Waals surface area contributed by atoms with E-state index in [1.54, 1.807) is 4.68 Å². The molecule has 0 aliphatic carbocycles. The van der Waals surface area contributed by atoms with Gasteiger partial charge in [0.15, 0.2) is 0 Å². The summed E-state index contributed by atoms with van der Waals surface area (Å²) < 4.78 is 7.14. The van der Waals surface area contributed by atoms with Gasteiger partial charge in [0.2, 0.25) is 0 Å². The lowest BCUT2D eigenvalue weighted by Gasteiger charge is -2.40. The smallest absolute Gasteiger partial charge is 0.251 e. The Morgan fingerprint density at radius 1 is 1.15 bits per heavy atom. The molecule has 0 atom stereocenters. The Hall–Kier alpha value is -2.32. The maximum Gasteiger partial charge on any atom is 0.251 e. The average molecular weight is 370 g/mol. The predicted molar refractivity (Wildman–Crippen MR) is 99.6 cm³/mol. The Labute approximate surface area is 158 Å². The predicted octanol–water partition coefficient (Wildman–Crippen LogP) is 1.28. The summed E-state index contributed by atoms with van der Waals surface area (Å²) in [6.45, 7) is 5.66. The fourth-order valence-corrected chi connectivity index (χ4v) is 4.03. The quantitative estimate of drug-likeness (QED) is 0.825. The van der Waals surface area contributed by atoms with E-state index >= 15 is 0 Å². The average Bonchev–Trinajstić information content (AvgIpc) is 3.41. The lowest BCUT2D eigenvalue weighted by atomic mass is 9.79. The van der Waals surface area contributed by atoms with Crippen LogP contribution in [0.1, 0.15) is 36.0 Å². The number of likely N-dealkylation sites (tertiary alicyclic amines) is 1. The highest BCUT2D eigenvalue weighted by molar-refractivity contribution is 5.94. The third kappa shape index (κ3) is 4.33. The van der Waals surface area contributed by atoms with Gasteiger partial charge in [-0.3, -0.25) is 4.79 Å². The molecule has 2 aromatic rings. The first kappa shape index (κ1) is 18.1. The molecular weight excluding hydrogens is 344 g/mol. The number of tetrazole rings is 1. The molecule has 2 saturated heterocycles. The van der Waals surface area contributed by atoms with Crippen molar-refractivity contribution in [3.05, 3.63) is 36.2 Å². The molecule has 3 heterocycles. The number of hydrogen-bond donors (Lipinski definition) is 1. The van der Waals surface area contributed by atoms with E-state index in [0.29, 0.717) is 12.1 Å². The normalized spacial score (nSPS) is 19.9. The number of nitrogens with one attached hydrogen (secondary N) is 1. The van der Waals surface area contributed by atoms with E-state index in [9.17, 15) is 4.79 Å². The fraction of sp³-hybridized carbons (Fsp3) is 0.579. The van der Waals surface area contributed by atoms with Crippen LogP contribution in [0.2, 0.25) is 0 Å². The minimum absolute atomic E-state index is 0.0365. The Balaban J connectivity index is 1.38. The summed E-state index contributed by atoms with van der Waals surface area (Å²) >= 11 is 0. The molecule has 4 rings (SSSR count). The molecule has 2 aliphatic heterocycles. The highest BCUT2D eigenvalue weighted by atomic mass is 16.5. The number of carbonyl (C=O) groups is 1. The van der Waals surface area contributed by atoms with Crippen molar-refractivity contribution in [2.45, 2.75) is 25.7 Å². The lowest BCUT2D eigenvalue weighted by molar-refractivity contribution is -0.000629. The first-order chi connectivity index (χ1) is 13.2. The lowest BCUT2D eigenvalue weighted by Crippen LogP contribution is -2.48. The maximum atomic E-state index is 12.7. The van der Waals surface area contributed by atoms with Crippen LogP contribution in [0, 0.1) is 5.41 Å². The van der Waals surface area contributed by atoms with Crippen molar-refractivity contribution in [3.63, 3.8) is 0 Å². The van der Waals surface area contributed by atoms with Gasteiger partial charge in [-0.25, -0.2) is 4.68 Å². The maximum absolute atomic E-state index is 12.7. The first-order valence-corrected chi connectivity index (χ1v) is 9.66. The van der Waals surface area contributed by atoms with Gasteiger partial charge in [-0.1, -0.05) is 0 Å². The van der Waals surface area contributed by atoms with Crippen LogP contribution >= 0.6 is 0 Å². The number of benzene rings is 1. The van der Waals surface area contributed by atoms with Crippen molar-refractivity contribution in [2.24, 2.45) is 5.41 Å². The van der Waals surface area contributed by atoms with E-state index in [0.717, 1.165) is 38.3 Å². The Bertz CT molecular complexity index is 734. The second-order valence-corrected chi connectivity index (χ2v) is 7.58. The number of nitrogens with zero attached hydrogens (tertiary/aromatic N) is 5. The van der Waals surface area contributed by atoms with Gasteiger partial charge in [-0.05, 0) is 73.5 Å². The van der Waals surface area contributed by atoms with E-state index in [1.165, 1.54) is 32.3 Å². The Kier molecular flexibility index (Phi) is 5.45. The Morgan fingerprint density at radius 3 is 2.56 bits per heavy atom. The number of carbonyl (C=O) groups excluding carboxylic acids is 1. The van der Waals surface area contributed by atoms with E-state index in [1.807, 2.05) is 24.3 Å². The molecule has 1 aromatic heterocycles. The van der Waals surface area contributed by atoms with Gasteiger partial charge in [0.1, 0.15) is 6.33 Å². The summed E-state index contributed by atoms with van der Waals surface area (Å²) in [7, 11) is 0. The standard InChI is InChI=1S/C19H26N6O2/c26-18(16-3-5-17(6-4-16)25-15-21-22-23-25)20-13-19(7-11-27-12-8-19)14-24-9-1-2-10-24/h3-6,15H,1-2,7-14H2,(H,20,26). The largest absolute Gasteiger partial charge is 0.381 e. The molecule has 0 spiro atoms. The van der Waals surface area contributed by atoms with E-state index in [-0.39, 0.29) is 11.3 Å². The van der Waals surface area contributed by atoms with Crippen LogP contribution in [0.25, 0.3) is 5.69 Å². The van der Waals surface area contributed by atoms with Gasteiger partial charge in [0.05, 0.1) is 5.69 Å². The zero-order valence-corrected chi connectivity index (χ0v) is 15.5. The van der Waals surface area contributed by atoms with Gasteiger partial charge < -0.3 is 15.0 Å². The zero-order valence-electron chi connectivity index (χ0n) is 15.5. The Morgan fingerprint density at radius 2 is 1.89 bits per heavy atom. The molecule has 8 nitrogen and oxygen atoms in total. The fourth-order valence-electron chi connectivity index (χ4n) is 4.03. The molecule has 8 heteroatoms. The van der Waals surface area contributed by atoms with Crippen molar-refractivity contribution < 1.29 is 9.53 Å². The molecule has 2 aliphatic rings. The number of ether oxygens (including phenoxy) is 1. The zero-order chi connectivity index (χ0) is 18.5. The highest BCUT2D eigenvalue weighted by Crippen LogP contribution is 2.32.